The summed E-state index contributed by atoms with van der Waals surface area (Å²) < 4.78 is 6.82. The molecular weight excluding hydrogens is 426 g/mol. The van der Waals surface area contributed by atoms with Crippen molar-refractivity contribution in [3.8, 4) is 17.0 Å². The van der Waals surface area contributed by atoms with E-state index in [4.69, 9.17) is 9.72 Å². The van der Waals surface area contributed by atoms with Crippen LogP contribution >= 0.6 is 0 Å². The summed E-state index contributed by atoms with van der Waals surface area (Å²) in [5, 5.41) is 0. The van der Waals surface area contributed by atoms with Gasteiger partial charge in [-0.3, -0.25) is 14.3 Å². The molecule has 0 saturated heterocycles. The summed E-state index contributed by atoms with van der Waals surface area (Å²) in [5.74, 6) is 1.26. The van der Waals surface area contributed by atoms with E-state index < -0.39 is 0 Å². The molecule has 0 saturated carbocycles. The monoisotopic (exact) mass is 457 g/mol. The maximum Gasteiger partial charge on any atom is 0.253 e. The number of ether oxygens (including phenoxy) is 1. The van der Waals surface area contributed by atoms with Crippen molar-refractivity contribution >= 4 is 6.08 Å². The van der Waals surface area contributed by atoms with Crippen LogP contribution in [0.25, 0.3) is 17.2 Å². The fourth-order valence-electron chi connectivity index (χ4n) is 4.35. The molecule has 0 fully saturated rings. The lowest BCUT2D eigenvalue weighted by Gasteiger charge is -2.33. The number of hydrogen-bond acceptors (Lipinski definition) is 6. The van der Waals surface area contributed by atoms with Crippen LogP contribution in [0.2, 0.25) is 0 Å². The van der Waals surface area contributed by atoms with Gasteiger partial charge in [-0.1, -0.05) is 13.0 Å². The number of aryl methyl sites for hydroxylation is 1. The van der Waals surface area contributed by atoms with Crippen LogP contribution in [0.15, 0.2) is 58.9 Å². The van der Waals surface area contributed by atoms with E-state index in [2.05, 4.69) is 47.8 Å². The zero-order chi connectivity index (χ0) is 24.2. The van der Waals surface area contributed by atoms with Crippen molar-refractivity contribution in [2.24, 2.45) is 7.05 Å². The second-order valence-electron chi connectivity index (χ2n) is 8.57. The van der Waals surface area contributed by atoms with E-state index in [-0.39, 0.29) is 5.56 Å². The predicted octanol–water partition coefficient (Wildman–Crippen LogP) is 4.31. The van der Waals surface area contributed by atoms with E-state index in [9.17, 15) is 4.79 Å². The van der Waals surface area contributed by atoms with Crippen molar-refractivity contribution < 1.29 is 4.74 Å². The van der Waals surface area contributed by atoms with Gasteiger partial charge in [0.2, 0.25) is 5.88 Å². The van der Waals surface area contributed by atoms with E-state index in [1.165, 1.54) is 17.3 Å². The maximum absolute atomic E-state index is 12.0. The summed E-state index contributed by atoms with van der Waals surface area (Å²) >= 11 is 0. The highest BCUT2D eigenvalue weighted by atomic mass is 16.5. The Hall–Kier alpha value is -3.74. The van der Waals surface area contributed by atoms with Crippen LogP contribution in [0.3, 0.4) is 0 Å². The molecule has 176 valence electrons. The quantitative estimate of drug-likeness (QED) is 0.514. The Labute approximate surface area is 200 Å². The van der Waals surface area contributed by atoms with Crippen molar-refractivity contribution in [3.05, 3.63) is 87.1 Å². The molecule has 34 heavy (non-hydrogen) atoms. The summed E-state index contributed by atoms with van der Waals surface area (Å²) in [4.78, 5) is 28.0. The Morgan fingerprint density at radius 2 is 2.03 bits per heavy atom. The summed E-state index contributed by atoms with van der Waals surface area (Å²) in [5.41, 5.74) is 7.77. The molecule has 0 radical (unpaired) electrons. The lowest BCUT2D eigenvalue weighted by molar-refractivity contribution is 0.324. The molecule has 3 aromatic heterocycles. The third-order valence-electron chi connectivity index (χ3n) is 6.23. The van der Waals surface area contributed by atoms with Gasteiger partial charge in [0.05, 0.1) is 7.11 Å². The molecule has 0 aromatic carbocycles. The van der Waals surface area contributed by atoms with Gasteiger partial charge in [0, 0.05) is 79.8 Å². The minimum absolute atomic E-state index is 0.0658. The molecule has 1 aliphatic rings. The highest BCUT2D eigenvalue weighted by Crippen LogP contribution is 2.30. The number of allylic oxidation sites excluding steroid dienone is 2. The fourth-order valence-corrected chi connectivity index (χ4v) is 4.35. The van der Waals surface area contributed by atoms with E-state index in [1.807, 2.05) is 24.5 Å². The molecule has 0 bridgehead atoms. The van der Waals surface area contributed by atoms with Crippen molar-refractivity contribution in [2.75, 3.05) is 13.7 Å². The molecular formula is C27H31N5O2. The number of rotatable bonds is 6. The molecule has 4 rings (SSSR count). The van der Waals surface area contributed by atoms with Crippen molar-refractivity contribution in [3.63, 3.8) is 0 Å². The molecule has 7 heteroatoms. The average Bonchev–Trinajstić information content (AvgIpc) is 2.84. The lowest BCUT2D eigenvalue weighted by atomic mass is 9.98. The molecule has 1 aliphatic heterocycles. The van der Waals surface area contributed by atoms with Gasteiger partial charge in [-0.25, -0.2) is 9.97 Å². The van der Waals surface area contributed by atoms with Gasteiger partial charge in [-0.15, -0.1) is 0 Å². The third kappa shape index (κ3) is 4.78. The molecule has 7 nitrogen and oxygen atoms in total. The standard InChI is InChI=1S/C27H31N5O2/c1-6-7-24(19(3)12-25-28-10-8-27(33)31(25)4)32-11-9-23-21(17-32)14-20(15-29-23)22-16-30-26(34-5)13-18(22)2/h7-8,10,12-16H,6,9,11,17H2,1-5H3/b19-12-,24-7-. The molecule has 0 atom stereocenters. The minimum atomic E-state index is -0.0658. The van der Waals surface area contributed by atoms with E-state index in [1.54, 1.807) is 24.9 Å². The second kappa shape index (κ2) is 10.0. The maximum atomic E-state index is 12.0. The first-order valence-corrected chi connectivity index (χ1v) is 11.6. The summed E-state index contributed by atoms with van der Waals surface area (Å²) in [7, 11) is 3.37. The fraction of sp³-hybridized carbons (Fsp3) is 0.333. The van der Waals surface area contributed by atoms with Gasteiger partial charge >= 0.3 is 0 Å². The van der Waals surface area contributed by atoms with Crippen molar-refractivity contribution in [1.82, 2.24) is 24.4 Å². The SMILES string of the molecule is CC/C=C(/C(C)=C\c1nccc(=O)n1C)N1CCc2ncc(-c3cnc(OC)cc3C)cc2C1. The van der Waals surface area contributed by atoms with E-state index in [0.29, 0.717) is 11.7 Å². The van der Waals surface area contributed by atoms with E-state index in [0.717, 1.165) is 53.9 Å². The summed E-state index contributed by atoms with van der Waals surface area (Å²) in [6, 6.07) is 5.65. The molecule has 0 unspecified atom stereocenters. The van der Waals surface area contributed by atoms with Crippen LogP contribution in [-0.4, -0.2) is 38.1 Å². The molecule has 0 amide bonds. The zero-order valence-electron chi connectivity index (χ0n) is 20.5. The van der Waals surface area contributed by atoms with Crippen molar-refractivity contribution in [1.29, 1.82) is 0 Å². The summed E-state index contributed by atoms with van der Waals surface area (Å²) in [6.07, 6.45) is 11.4. The van der Waals surface area contributed by atoms with Gasteiger partial charge in [-0.2, -0.15) is 0 Å². The third-order valence-corrected chi connectivity index (χ3v) is 6.23. The number of pyridine rings is 2. The first-order valence-electron chi connectivity index (χ1n) is 11.6. The normalized spacial score (nSPS) is 14.2. The molecule has 0 aliphatic carbocycles. The largest absolute Gasteiger partial charge is 0.481 e. The van der Waals surface area contributed by atoms with Crippen LogP contribution in [0, 0.1) is 6.92 Å². The number of methoxy groups -OCH3 is 1. The Balaban J connectivity index is 1.64. The molecule has 0 N–H and O–H groups in total. The first kappa shape index (κ1) is 23.4. The Morgan fingerprint density at radius 3 is 2.76 bits per heavy atom. The van der Waals surface area contributed by atoms with Crippen molar-refractivity contribution in [2.45, 2.75) is 40.2 Å². The molecule has 4 heterocycles. The number of aromatic nitrogens is 4. The summed E-state index contributed by atoms with van der Waals surface area (Å²) in [6.45, 7) is 7.95. The number of nitrogens with zero attached hydrogens (tertiary/aromatic N) is 5. The highest BCUT2D eigenvalue weighted by molar-refractivity contribution is 5.67. The van der Waals surface area contributed by atoms with Crippen LogP contribution in [0.5, 0.6) is 5.88 Å². The Kier molecular flexibility index (Phi) is 6.91. The zero-order valence-corrected chi connectivity index (χ0v) is 20.5. The molecule has 3 aromatic rings. The minimum Gasteiger partial charge on any atom is -0.481 e. The van der Waals surface area contributed by atoms with Crippen LogP contribution in [-0.2, 0) is 20.0 Å². The molecule has 0 spiro atoms. The van der Waals surface area contributed by atoms with E-state index >= 15 is 0 Å². The van der Waals surface area contributed by atoms with Crippen LogP contribution < -0.4 is 10.3 Å². The Bertz CT molecular complexity index is 1320. The number of hydrogen-bond donors (Lipinski definition) is 0. The van der Waals surface area contributed by atoms with Gasteiger partial charge in [0.15, 0.2) is 0 Å². The van der Waals surface area contributed by atoms with Crippen LogP contribution in [0.1, 0.15) is 42.9 Å². The Morgan fingerprint density at radius 1 is 1.21 bits per heavy atom. The van der Waals surface area contributed by atoms with Crippen LogP contribution in [0.4, 0.5) is 0 Å². The average molecular weight is 458 g/mol. The van der Waals surface area contributed by atoms with Gasteiger partial charge in [-0.05, 0) is 49.1 Å². The predicted molar refractivity (Wildman–Crippen MR) is 134 cm³/mol. The topological polar surface area (TPSA) is 73.1 Å². The van der Waals surface area contributed by atoms with Gasteiger partial charge in [0.25, 0.3) is 5.56 Å². The highest BCUT2D eigenvalue weighted by Gasteiger charge is 2.21. The van der Waals surface area contributed by atoms with Gasteiger partial charge in [0.1, 0.15) is 5.82 Å². The number of fused-ring (bicyclic) bond motifs is 1. The van der Waals surface area contributed by atoms with Gasteiger partial charge < -0.3 is 9.64 Å². The second-order valence-corrected chi connectivity index (χ2v) is 8.57. The first-order chi connectivity index (χ1) is 16.4. The lowest BCUT2D eigenvalue weighted by Crippen LogP contribution is -2.31. The smallest absolute Gasteiger partial charge is 0.253 e.